The molecule has 6 rings (SSSR count). The maximum Gasteiger partial charge on any atom is 0.410 e. The lowest BCUT2D eigenvalue weighted by Gasteiger charge is -2.28. The van der Waals surface area contributed by atoms with Gasteiger partial charge in [0, 0.05) is 28.6 Å². The average molecular weight is 520 g/mol. The van der Waals surface area contributed by atoms with E-state index in [9.17, 15) is 13.6 Å². The number of halogens is 3. The summed E-state index contributed by atoms with van der Waals surface area (Å²) < 4.78 is 47.1. The van der Waals surface area contributed by atoms with Crippen molar-refractivity contribution in [2.24, 2.45) is 5.92 Å². The van der Waals surface area contributed by atoms with Crippen molar-refractivity contribution in [3.8, 4) is 17.0 Å². The normalized spacial score (nSPS) is 20.2. The maximum atomic E-state index is 15.0. The molecule has 0 N–H and O–H groups in total. The highest BCUT2D eigenvalue weighted by Gasteiger charge is 2.45. The third-order valence-electron chi connectivity index (χ3n) is 6.56. The van der Waals surface area contributed by atoms with Gasteiger partial charge < -0.3 is 14.2 Å². The van der Waals surface area contributed by atoms with E-state index in [-0.39, 0.29) is 41.2 Å². The summed E-state index contributed by atoms with van der Waals surface area (Å²) in [7, 11) is 0. The molecule has 1 unspecified atom stereocenters. The van der Waals surface area contributed by atoms with Crippen molar-refractivity contribution in [3.63, 3.8) is 0 Å². The predicted octanol–water partition coefficient (Wildman–Crippen LogP) is 5.62. The number of fused-ring (bicyclic) bond motifs is 2. The number of aromatic nitrogens is 2. The lowest BCUT2D eigenvalue weighted by Crippen LogP contribution is -2.41. The molecule has 1 saturated carbocycles. The van der Waals surface area contributed by atoms with Gasteiger partial charge in [-0.15, -0.1) is 22.9 Å². The lowest BCUT2D eigenvalue weighted by atomic mass is 10.0. The second kappa shape index (κ2) is 8.30. The van der Waals surface area contributed by atoms with Gasteiger partial charge in [0.1, 0.15) is 28.3 Å². The van der Waals surface area contributed by atoms with Gasteiger partial charge in [-0.1, -0.05) is 0 Å². The third kappa shape index (κ3) is 3.88. The Morgan fingerprint density at radius 3 is 2.89 bits per heavy atom. The number of hydrogen-bond acceptors (Lipinski definition) is 7. The van der Waals surface area contributed by atoms with Crippen LogP contribution in [0.3, 0.4) is 0 Å². The third-order valence-corrected chi connectivity index (χ3v) is 7.79. The molecule has 0 spiro atoms. The van der Waals surface area contributed by atoms with E-state index in [4.69, 9.17) is 25.8 Å². The summed E-state index contributed by atoms with van der Waals surface area (Å²) in [6.07, 6.45) is 2.76. The fraction of sp³-hybridized carbons (Fsp3) is 0.375. The van der Waals surface area contributed by atoms with Crippen molar-refractivity contribution in [2.75, 3.05) is 19.7 Å². The molecule has 0 saturated heterocycles. The standard InChI is InChI=1S/C24H20ClF2N3O4S/c1-24(4-5-24)34-23(31)30-7-12-9-32-17(8-30)20(12)33-22-21-19(28-11-29-22)15(10-35-21)13-2-3-16(26)14(6-25)18(13)27/h2-3,10-12H,4-9H2,1H3. The van der Waals surface area contributed by atoms with Crippen LogP contribution in [0.4, 0.5) is 13.6 Å². The number of alkyl halides is 1. The van der Waals surface area contributed by atoms with Gasteiger partial charge in [0.15, 0.2) is 11.5 Å². The van der Waals surface area contributed by atoms with Gasteiger partial charge in [0.2, 0.25) is 5.88 Å². The van der Waals surface area contributed by atoms with Gasteiger partial charge in [0.25, 0.3) is 0 Å². The highest BCUT2D eigenvalue weighted by atomic mass is 35.5. The fourth-order valence-corrected chi connectivity index (χ4v) is 5.49. The summed E-state index contributed by atoms with van der Waals surface area (Å²) >= 11 is 7.05. The van der Waals surface area contributed by atoms with Crippen LogP contribution in [0.2, 0.25) is 0 Å². The van der Waals surface area contributed by atoms with Crippen LogP contribution >= 0.6 is 22.9 Å². The highest BCUT2D eigenvalue weighted by Crippen LogP contribution is 2.42. The van der Waals surface area contributed by atoms with Crippen LogP contribution in [0.25, 0.3) is 21.3 Å². The van der Waals surface area contributed by atoms with Gasteiger partial charge >= 0.3 is 6.09 Å². The number of carbonyl (C=O) groups is 1. The molecule has 2 aromatic heterocycles. The minimum absolute atomic E-state index is 0.149. The Bertz CT molecular complexity index is 1390. The van der Waals surface area contributed by atoms with Crippen LogP contribution in [0, 0.1) is 17.6 Å². The quantitative estimate of drug-likeness (QED) is 0.407. The smallest absolute Gasteiger partial charge is 0.410 e. The number of ether oxygens (including phenoxy) is 3. The van der Waals surface area contributed by atoms with E-state index in [1.54, 1.807) is 10.3 Å². The first-order valence-corrected chi connectivity index (χ1v) is 12.6. The summed E-state index contributed by atoms with van der Waals surface area (Å²) in [5.74, 6) is -0.322. The van der Waals surface area contributed by atoms with Gasteiger partial charge in [-0.05, 0) is 31.9 Å². The number of hydrogen-bond donors (Lipinski definition) is 0. The first-order chi connectivity index (χ1) is 16.9. The van der Waals surface area contributed by atoms with Crippen LogP contribution in [-0.4, -0.2) is 46.3 Å². The van der Waals surface area contributed by atoms with Crippen LogP contribution < -0.4 is 4.74 Å². The molecule has 7 nitrogen and oxygen atoms in total. The van der Waals surface area contributed by atoms with E-state index < -0.39 is 11.6 Å². The summed E-state index contributed by atoms with van der Waals surface area (Å²) in [5.41, 5.74) is 0.670. The monoisotopic (exact) mass is 519 g/mol. The molecule has 1 atom stereocenters. The SMILES string of the molecule is CC1(OC(=O)N2CC3=C(Oc4ncnc5c(-c6ccc(F)c(CCl)c6F)csc45)C(CO3)C2)CC1. The van der Waals surface area contributed by atoms with E-state index in [0.717, 1.165) is 12.8 Å². The van der Waals surface area contributed by atoms with E-state index >= 15 is 0 Å². The highest BCUT2D eigenvalue weighted by molar-refractivity contribution is 7.18. The number of amides is 1. The minimum Gasteiger partial charge on any atom is -0.492 e. The molecule has 2 aliphatic heterocycles. The lowest BCUT2D eigenvalue weighted by molar-refractivity contribution is 0.0554. The van der Waals surface area contributed by atoms with E-state index in [1.165, 1.54) is 29.8 Å². The van der Waals surface area contributed by atoms with E-state index in [2.05, 4.69) is 9.97 Å². The fourth-order valence-electron chi connectivity index (χ4n) is 4.30. The Kier molecular flexibility index (Phi) is 5.33. The van der Waals surface area contributed by atoms with Crippen LogP contribution in [-0.2, 0) is 15.4 Å². The number of nitrogens with zero attached hydrogens (tertiary/aromatic N) is 3. The summed E-state index contributed by atoms with van der Waals surface area (Å²) in [5, 5.41) is 1.74. The number of carbonyl (C=O) groups excluding carboxylic acids is 1. The zero-order chi connectivity index (χ0) is 24.3. The summed E-state index contributed by atoms with van der Waals surface area (Å²) in [6.45, 7) is 3.00. The molecule has 1 fully saturated rings. The van der Waals surface area contributed by atoms with Crippen molar-refractivity contribution >= 4 is 39.2 Å². The molecule has 11 heteroatoms. The molecule has 4 heterocycles. The number of thiophene rings is 1. The van der Waals surface area contributed by atoms with Gasteiger partial charge in [0.05, 0.1) is 30.5 Å². The van der Waals surface area contributed by atoms with Crippen molar-refractivity contribution in [1.29, 1.82) is 0 Å². The molecule has 35 heavy (non-hydrogen) atoms. The topological polar surface area (TPSA) is 73.8 Å². The predicted molar refractivity (Wildman–Crippen MR) is 125 cm³/mol. The van der Waals surface area contributed by atoms with Gasteiger partial charge in [-0.25, -0.2) is 23.5 Å². The van der Waals surface area contributed by atoms with Crippen LogP contribution in [0.1, 0.15) is 25.3 Å². The summed E-state index contributed by atoms with van der Waals surface area (Å²) in [6, 6.07) is 2.57. The molecular weight excluding hydrogens is 500 g/mol. The first kappa shape index (κ1) is 22.5. The Morgan fingerprint density at radius 1 is 1.31 bits per heavy atom. The van der Waals surface area contributed by atoms with Crippen LogP contribution in [0.15, 0.2) is 35.4 Å². The second-order valence-electron chi connectivity index (χ2n) is 9.12. The van der Waals surface area contributed by atoms with E-state index in [1.807, 2.05) is 6.92 Å². The molecular formula is C24H20ClF2N3O4S. The van der Waals surface area contributed by atoms with E-state index in [0.29, 0.717) is 46.3 Å². The number of benzene rings is 1. The van der Waals surface area contributed by atoms with Gasteiger partial charge in [-0.2, -0.15) is 0 Å². The van der Waals surface area contributed by atoms with Crippen molar-refractivity contribution in [1.82, 2.24) is 14.9 Å². The summed E-state index contributed by atoms with van der Waals surface area (Å²) in [4.78, 5) is 22.8. The number of rotatable bonds is 5. The molecule has 1 aromatic carbocycles. The zero-order valence-electron chi connectivity index (χ0n) is 18.6. The molecule has 3 aromatic rings. The zero-order valence-corrected chi connectivity index (χ0v) is 20.2. The maximum absolute atomic E-state index is 15.0. The molecule has 1 aliphatic carbocycles. The molecule has 2 bridgehead atoms. The first-order valence-electron chi connectivity index (χ1n) is 11.1. The molecule has 0 radical (unpaired) electrons. The minimum atomic E-state index is -0.712. The van der Waals surface area contributed by atoms with Crippen molar-refractivity contribution in [3.05, 3.63) is 52.6 Å². The molecule has 182 valence electrons. The Labute approximate surface area is 208 Å². The Morgan fingerprint density at radius 2 is 2.14 bits per heavy atom. The van der Waals surface area contributed by atoms with Gasteiger partial charge in [-0.3, -0.25) is 4.90 Å². The van der Waals surface area contributed by atoms with Crippen LogP contribution in [0.5, 0.6) is 5.88 Å². The van der Waals surface area contributed by atoms with Crippen molar-refractivity contribution in [2.45, 2.75) is 31.2 Å². The average Bonchev–Trinajstić information content (AvgIpc) is 3.33. The van der Waals surface area contributed by atoms with Crippen molar-refractivity contribution < 1.29 is 27.8 Å². The Hall–Kier alpha value is -2.98. The molecule has 1 amide bonds. The molecule has 3 aliphatic rings. The second-order valence-corrected chi connectivity index (χ2v) is 10.3. The largest absolute Gasteiger partial charge is 0.492 e. The Balaban J connectivity index is 1.29.